The highest BCUT2D eigenvalue weighted by Crippen LogP contribution is 2.19. The molecule has 0 heterocycles. The molecule has 2 N–H and O–H groups in total. The van der Waals surface area contributed by atoms with E-state index < -0.39 is 0 Å². The van der Waals surface area contributed by atoms with Gasteiger partial charge in [-0.2, -0.15) is 5.48 Å². The molecule has 0 aliphatic heterocycles. The predicted octanol–water partition coefficient (Wildman–Crippen LogP) is 5.21. The van der Waals surface area contributed by atoms with Crippen LogP contribution in [0.1, 0.15) is 82.3 Å². The highest BCUT2D eigenvalue weighted by molar-refractivity contribution is 5.92. The van der Waals surface area contributed by atoms with Gasteiger partial charge in [0.15, 0.2) is 0 Å². The third kappa shape index (κ3) is 10.8. The fourth-order valence-electron chi connectivity index (χ4n) is 2.93. The predicted molar refractivity (Wildman–Crippen MR) is 110 cm³/mol. The first-order valence-corrected chi connectivity index (χ1v) is 10.3. The number of unbranched alkanes of at least 4 members (excludes halogenated alkanes) is 6. The number of hydroxylamine groups is 1. The van der Waals surface area contributed by atoms with Gasteiger partial charge in [0.25, 0.3) is 0 Å². The largest absolute Gasteiger partial charge is 0.371 e. The molecule has 0 saturated heterocycles. The van der Waals surface area contributed by atoms with Gasteiger partial charge in [-0.15, -0.1) is 0 Å². The van der Waals surface area contributed by atoms with E-state index in [2.05, 4.69) is 17.7 Å². The fourth-order valence-corrected chi connectivity index (χ4v) is 2.93. The Kier molecular flexibility index (Phi) is 12.2. The Morgan fingerprint density at radius 2 is 1.52 bits per heavy atom. The van der Waals surface area contributed by atoms with Crippen LogP contribution in [0.4, 0.5) is 5.69 Å². The van der Waals surface area contributed by atoms with Crippen LogP contribution in [0.5, 0.6) is 0 Å². The van der Waals surface area contributed by atoms with Gasteiger partial charge < -0.3 is 10.2 Å². The third-order valence-electron chi connectivity index (χ3n) is 4.60. The molecule has 0 aliphatic rings. The number of carbonyl (C=O) groups is 2. The Bertz CT molecular complexity index is 552. The van der Waals surface area contributed by atoms with Crippen LogP contribution in [-0.4, -0.2) is 18.4 Å². The van der Waals surface area contributed by atoms with Crippen molar-refractivity contribution in [3.63, 3.8) is 0 Å². The summed E-state index contributed by atoms with van der Waals surface area (Å²) in [5, 5.41) is 3.00. The molecular formula is C22H36N2O3. The van der Waals surface area contributed by atoms with Crippen LogP contribution >= 0.6 is 0 Å². The van der Waals surface area contributed by atoms with E-state index in [9.17, 15) is 9.59 Å². The molecule has 1 aromatic rings. The number of aryl methyl sites for hydroxylation is 2. The maximum atomic E-state index is 12.1. The molecule has 5 nitrogen and oxygen atoms in total. The molecule has 0 unspecified atom stereocenters. The number of anilines is 1. The minimum Gasteiger partial charge on any atom is -0.371 e. The molecule has 0 aromatic heterocycles. The summed E-state index contributed by atoms with van der Waals surface area (Å²) in [4.78, 5) is 28.6. The summed E-state index contributed by atoms with van der Waals surface area (Å²) in [6, 6.07) is 5.99. The van der Waals surface area contributed by atoms with Crippen LogP contribution in [0.25, 0.3) is 0 Å². The third-order valence-corrected chi connectivity index (χ3v) is 4.60. The lowest BCUT2D eigenvalue weighted by Gasteiger charge is -2.11. The first-order valence-electron chi connectivity index (χ1n) is 10.3. The Balaban J connectivity index is 2.01. The van der Waals surface area contributed by atoms with Gasteiger partial charge in [-0.3, -0.25) is 9.59 Å². The molecule has 0 bridgehead atoms. The van der Waals surface area contributed by atoms with E-state index in [1.807, 2.05) is 32.0 Å². The first-order chi connectivity index (χ1) is 13.0. The minimum absolute atomic E-state index is 0.0508. The van der Waals surface area contributed by atoms with Gasteiger partial charge >= 0.3 is 5.97 Å². The molecule has 0 atom stereocenters. The highest BCUT2D eigenvalue weighted by Gasteiger charge is 2.07. The van der Waals surface area contributed by atoms with Gasteiger partial charge in [-0.25, -0.2) is 0 Å². The molecule has 1 amide bonds. The van der Waals surface area contributed by atoms with E-state index >= 15 is 0 Å². The van der Waals surface area contributed by atoms with Crippen molar-refractivity contribution < 1.29 is 14.4 Å². The van der Waals surface area contributed by atoms with Gasteiger partial charge in [0, 0.05) is 25.1 Å². The minimum atomic E-state index is -0.181. The number of carbonyl (C=O) groups excluding carboxylic acids is 2. The van der Waals surface area contributed by atoms with E-state index in [1.165, 1.54) is 19.3 Å². The number of benzene rings is 1. The van der Waals surface area contributed by atoms with Crippen molar-refractivity contribution in [2.24, 2.45) is 0 Å². The normalized spacial score (nSPS) is 10.6. The van der Waals surface area contributed by atoms with Crippen molar-refractivity contribution in [2.45, 2.75) is 85.0 Å². The quantitative estimate of drug-likeness (QED) is 0.345. The van der Waals surface area contributed by atoms with Gasteiger partial charge in [-0.05, 0) is 44.2 Å². The second-order valence-electron chi connectivity index (χ2n) is 7.16. The Hall–Kier alpha value is -1.88. The van der Waals surface area contributed by atoms with Crippen molar-refractivity contribution in [1.82, 2.24) is 5.48 Å². The van der Waals surface area contributed by atoms with Gasteiger partial charge in [0.05, 0.1) is 0 Å². The summed E-state index contributed by atoms with van der Waals surface area (Å²) in [7, 11) is 0. The van der Waals surface area contributed by atoms with Crippen LogP contribution in [0.15, 0.2) is 18.2 Å². The van der Waals surface area contributed by atoms with E-state index in [0.717, 1.165) is 48.9 Å². The average Bonchev–Trinajstić information content (AvgIpc) is 2.64. The van der Waals surface area contributed by atoms with Gasteiger partial charge in [0.2, 0.25) is 5.91 Å². The molecule has 0 radical (unpaired) electrons. The number of hydrogen-bond donors (Lipinski definition) is 2. The van der Waals surface area contributed by atoms with Gasteiger partial charge in [-0.1, -0.05) is 57.2 Å². The zero-order valence-corrected chi connectivity index (χ0v) is 17.2. The summed E-state index contributed by atoms with van der Waals surface area (Å²) in [6.45, 7) is 6.80. The van der Waals surface area contributed by atoms with Crippen LogP contribution in [0.2, 0.25) is 0 Å². The topological polar surface area (TPSA) is 67.4 Å². The summed E-state index contributed by atoms with van der Waals surface area (Å²) >= 11 is 0. The average molecular weight is 377 g/mol. The number of nitrogens with one attached hydrogen (secondary N) is 2. The molecule has 0 saturated carbocycles. The van der Waals surface area contributed by atoms with E-state index in [4.69, 9.17) is 4.84 Å². The second kappa shape index (κ2) is 14.2. The molecule has 0 aliphatic carbocycles. The van der Waals surface area contributed by atoms with Crippen LogP contribution < -0.4 is 10.8 Å². The van der Waals surface area contributed by atoms with Crippen molar-refractivity contribution in [2.75, 3.05) is 11.9 Å². The van der Waals surface area contributed by atoms with E-state index in [0.29, 0.717) is 19.4 Å². The number of rotatable bonds is 14. The lowest BCUT2D eigenvalue weighted by Crippen LogP contribution is -2.21. The zero-order valence-electron chi connectivity index (χ0n) is 17.2. The monoisotopic (exact) mass is 376 g/mol. The summed E-state index contributed by atoms with van der Waals surface area (Å²) in [5.74, 6) is -0.130. The van der Waals surface area contributed by atoms with Crippen LogP contribution in [0.3, 0.4) is 0 Å². The number of hydrogen-bond acceptors (Lipinski definition) is 4. The smallest absolute Gasteiger partial charge is 0.324 e. The maximum absolute atomic E-state index is 12.1. The molecule has 1 rings (SSSR count). The van der Waals surface area contributed by atoms with E-state index in [-0.39, 0.29) is 11.9 Å². The van der Waals surface area contributed by atoms with Crippen molar-refractivity contribution >= 4 is 17.6 Å². The summed E-state index contributed by atoms with van der Waals surface area (Å²) in [6.07, 6.45) is 9.22. The highest BCUT2D eigenvalue weighted by atomic mass is 16.7. The standard InChI is InChI=1S/C22H36N2O3/c1-4-5-6-7-10-16-21(26)27-23-17-11-8-9-15-20(25)24-22-18(2)13-12-14-19(22)3/h12-14,23H,4-11,15-17H2,1-3H3,(H,24,25). The first kappa shape index (κ1) is 23.2. The van der Waals surface area contributed by atoms with Crippen LogP contribution in [0, 0.1) is 13.8 Å². The molecule has 1 aromatic carbocycles. The lowest BCUT2D eigenvalue weighted by molar-refractivity contribution is -0.151. The maximum Gasteiger partial charge on any atom is 0.324 e. The molecule has 27 heavy (non-hydrogen) atoms. The SMILES string of the molecule is CCCCCCCC(=O)ONCCCCCC(=O)Nc1c(C)cccc1C. The Labute approximate surface area is 164 Å². The number of amides is 1. The molecular weight excluding hydrogens is 340 g/mol. The summed E-state index contributed by atoms with van der Waals surface area (Å²) in [5.41, 5.74) is 5.82. The van der Waals surface area contributed by atoms with Gasteiger partial charge in [0.1, 0.15) is 0 Å². The zero-order chi connectivity index (χ0) is 19.9. The second-order valence-corrected chi connectivity index (χ2v) is 7.16. The summed E-state index contributed by atoms with van der Waals surface area (Å²) < 4.78 is 0. The van der Waals surface area contributed by atoms with E-state index in [1.54, 1.807) is 0 Å². The molecule has 0 fully saturated rings. The fraction of sp³-hybridized carbons (Fsp3) is 0.636. The van der Waals surface area contributed by atoms with Crippen molar-refractivity contribution in [1.29, 1.82) is 0 Å². The Morgan fingerprint density at radius 3 is 2.22 bits per heavy atom. The van der Waals surface area contributed by atoms with Crippen molar-refractivity contribution in [3.05, 3.63) is 29.3 Å². The van der Waals surface area contributed by atoms with Crippen LogP contribution in [-0.2, 0) is 14.4 Å². The molecule has 5 heteroatoms. The molecule has 152 valence electrons. The number of para-hydroxylation sites is 1. The Morgan fingerprint density at radius 1 is 0.889 bits per heavy atom. The lowest BCUT2D eigenvalue weighted by atomic mass is 10.1. The van der Waals surface area contributed by atoms with Crippen molar-refractivity contribution in [3.8, 4) is 0 Å². The molecule has 0 spiro atoms.